The third kappa shape index (κ3) is 16.2. The molecule has 0 aliphatic carbocycles. The van der Waals surface area contributed by atoms with Gasteiger partial charge in [0.2, 0.25) is 29.5 Å². The molecule has 21 heteroatoms. The van der Waals surface area contributed by atoms with E-state index in [1.54, 1.807) is 0 Å². The van der Waals surface area contributed by atoms with E-state index in [0.717, 1.165) is 0 Å². The van der Waals surface area contributed by atoms with Gasteiger partial charge in [0.15, 0.2) is 0 Å². The molecule has 17 N–H and O–H groups in total. The van der Waals surface area contributed by atoms with Crippen LogP contribution in [0.3, 0.4) is 0 Å². The number of phenolic OH excluding ortho intramolecular Hbond substituents is 1. The lowest BCUT2D eigenvalue weighted by Crippen LogP contribution is -2.61. The highest BCUT2D eigenvalue weighted by atomic mass is 32.1. The van der Waals surface area contributed by atoms with Gasteiger partial charge in [-0.15, -0.1) is 0 Å². The monoisotopic (exact) mass is 742 g/mol. The summed E-state index contributed by atoms with van der Waals surface area (Å²) in [7, 11) is 0. The third-order valence-corrected chi connectivity index (χ3v) is 7.74. The van der Waals surface area contributed by atoms with Crippen molar-refractivity contribution >= 4 is 54.2 Å². The SMILES string of the molecule is C[C@@H](O)[C@H](NC(=O)[C@H](CCN)NC(=O)[C@H](CS)NC(=O)[C@H](CCCNC(N)=O)NC(=O)[C@@H](N)CCN)C(=O)N[C@@H](Cc1ccc(O)cc1)C(=O)O. The van der Waals surface area contributed by atoms with Gasteiger partial charge in [-0.25, -0.2) is 9.59 Å². The van der Waals surface area contributed by atoms with Crippen LogP contribution in [0.25, 0.3) is 0 Å². The molecule has 0 fully saturated rings. The van der Waals surface area contributed by atoms with E-state index in [9.17, 15) is 48.9 Å². The molecule has 0 saturated heterocycles. The van der Waals surface area contributed by atoms with Gasteiger partial charge in [0, 0.05) is 18.7 Å². The molecule has 0 aromatic heterocycles. The number of hydrogen-bond donors (Lipinski definition) is 14. The first-order valence-corrected chi connectivity index (χ1v) is 16.7. The smallest absolute Gasteiger partial charge is 0.326 e. The van der Waals surface area contributed by atoms with Gasteiger partial charge >= 0.3 is 12.0 Å². The second kappa shape index (κ2) is 22.9. The molecule has 0 spiro atoms. The molecule has 0 heterocycles. The van der Waals surface area contributed by atoms with Gasteiger partial charge in [0.25, 0.3) is 0 Å². The van der Waals surface area contributed by atoms with Crippen molar-refractivity contribution in [1.29, 1.82) is 0 Å². The Hall–Kier alpha value is -4.70. The number of primary amides is 1. The van der Waals surface area contributed by atoms with Gasteiger partial charge in [-0.05, 0) is 63.4 Å². The first kappa shape index (κ1) is 44.3. The van der Waals surface area contributed by atoms with E-state index in [4.69, 9.17) is 22.9 Å². The molecule has 0 aliphatic heterocycles. The van der Waals surface area contributed by atoms with Crippen molar-refractivity contribution in [3.63, 3.8) is 0 Å². The van der Waals surface area contributed by atoms with Crippen LogP contribution < -0.4 is 54.8 Å². The van der Waals surface area contributed by atoms with Gasteiger partial charge in [0.05, 0.1) is 12.1 Å². The van der Waals surface area contributed by atoms with Crippen LogP contribution in [0.2, 0.25) is 0 Å². The second-order valence-corrected chi connectivity index (χ2v) is 11.9. The fourth-order valence-corrected chi connectivity index (χ4v) is 4.80. The van der Waals surface area contributed by atoms with Gasteiger partial charge < -0.3 is 70.2 Å². The molecule has 20 nitrogen and oxygen atoms in total. The zero-order chi connectivity index (χ0) is 38.7. The predicted octanol–water partition coefficient (Wildman–Crippen LogP) is -4.77. The summed E-state index contributed by atoms with van der Waals surface area (Å²) in [6, 6.07) is -3.26. The number of aliphatic hydroxyl groups is 1. The topological polar surface area (TPSA) is 356 Å². The molecule has 1 rings (SSSR count). The van der Waals surface area contributed by atoms with E-state index in [1.165, 1.54) is 31.2 Å². The maximum absolute atomic E-state index is 13.3. The van der Waals surface area contributed by atoms with Crippen LogP contribution in [0.4, 0.5) is 4.79 Å². The third-order valence-electron chi connectivity index (χ3n) is 7.37. The van der Waals surface area contributed by atoms with Crippen molar-refractivity contribution in [2.24, 2.45) is 22.9 Å². The van der Waals surface area contributed by atoms with Crippen molar-refractivity contribution in [1.82, 2.24) is 31.9 Å². The van der Waals surface area contributed by atoms with Crippen molar-refractivity contribution in [2.45, 2.75) is 81.4 Å². The highest BCUT2D eigenvalue weighted by Gasteiger charge is 2.34. The number of nitrogens with one attached hydrogen (secondary N) is 6. The number of aliphatic carboxylic acids is 1. The number of thiol groups is 1. The van der Waals surface area contributed by atoms with E-state index in [-0.39, 0.29) is 63.2 Å². The Labute approximate surface area is 300 Å². The lowest BCUT2D eigenvalue weighted by atomic mass is 10.0. The first-order chi connectivity index (χ1) is 24.0. The molecular weight excluding hydrogens is 692 g/mol. The van der Waals surface area contributed by atoms with Crippen molar-refractivity contribution < 1.29 is 48.9 Å². The number of carboxylic acids is 1. The van der Waals surface area contributed by atoms with Crippen molar-refractivity contribution in [2.75, 3.05) is 25.4 Å². The van der Waals surface area contributed by atoms with E-state index in [0.29, 0.717) is 5.56 Å². The summed E-state index contributed by atoms with van der Waals surface area (Å²) in [4.78, 5) is 88.3. The van der Waals surface area contributed by atoms with Crippen LogP contribution in [-0.4, -0.2) is 125 Å². The summed E-state index contributed by atoms with van der Waals surface area (Å²) in [5.41, 5.74) is 22.5. The Bertz CT molecular complexity index is 1340. The number of carboxylic acid groups (broad SMARTS) is 1. The summed E-state index contributed by atoms with van der Waals surface area (Å²) in [6.07, 6.45) is -1.51. The van der Waals surface area contributed by atoms with Crippen molar-refractivity contribution in [3.05, 3.63) is 29.8 Å². The zero-order valence-corrected chi connectivity index (χ0v) is 29.1. The highest BCUT2D eigenvalue weighted by Crippen LogP contribution is 2.12. The number of carbonyl (C=O) groups excluding carboxylic acids is 6. The maximum atomic E-state index is 13.3. The fraction of sp³-hybridized carbons (Fsp3) is 0.567. The molecule has 51 heavy (non-hydrogen) atoms. The molecule has 1 aromatic rings. The Morgan fingerprint density at radius 2 is 1.25 bits per heavy atom. The number of rotatable bonds is 23. The lowest BCUT2D eigenvalue weighted by molar-refractivity contribution is -0.143. The zero-order valence-electron chi connectivity index (χ0n) is 28.2. The summed E-state index contributed by atoms with van der Waals surface area (Å²) >= 11 is 4.13. The number of nitrogens with two attached hydrogens (primary N) is 4. The standard InChI is InChI=1S/C30H50N10O10S/c1-15(41)23(28(47)38-21(29(48)49)13-16-4-6-17(42)7-5-16)40-26(45)20(9-11-32)37-27(46)22(14-51)39-25(44)19(3-2-12-35-30(34)50)36-24(43)18(33)8-10-31/h4-7,15,18-23,41-42,51H,2-3,8-14,31-33H2,1H3,(H,36,43)(H,37,46)(H,38,47)(H,39,44)(H,40,45)(H,48,49)(H3,34,35,50)/t15-,18+,19+,20+,21+,22+,23+/m1/s1. The van der Waals surface area contributed by atoms with Gasteiger partial charge in [-0.3, -0.25) is 24.0 Å². The van der Waals surface area contributed by atoms with Gasteiger partial charge in [-0.2, -0.15) is 12.6 Å². The average Bonchev–Trinajstić information content (AvgIpc) is 3.07. The number of phenols is 1. The van der Waals surface area contributed by atoms with E-state index in [1.807, 2.05) is 0 Å². The molecule has 7 atom stereocenters. The second-order valence-electron chi connectivity index (χ2n) is 11.6. The number of amides is 7. The lowest BCUT2D eigenvalue weighted by Gasteiger charge is -2.27. The summed E-state index contributed by atoms with van der Waals surface area (Å²) in [5, 5.41) is 43.8. The molecule has 0 aliphatic rings. The normalized spacial score (nSPS) is 15.0. The average molecular weight is 743 g/mol. The van der Waals surface area contributed by atoms with Gasteiger partial charge in [0.1, 0.15) is 36.0 Å². The van der Waals surface area contributed by atoms with Crippen LogP contribution in [0.5, 0.6) is 5.75 Å². The number of hydrogen-bond acceptors (Lipinski definition) is 13. The predicted molar refractivity (Wildman–Crippen MR) is 187 cm³/mol. The maximum Gasteiger partial charge on any atom is 0.326 e. The molecule has 0 unspecified atom stereocenters. The van der Waals surface area contributed by atoms with E-state index < -0.39 is 83.9 Å². The summed E-state index contributed by atoms with van der Waals surface area (Å²) in [6.45, 7) is 1.26. The van der Waals surface area contributed by atoms with Crippen LogP contribution in [-0.2, 0) is 35.2 Å². The fourth-order valence-electron chi connectivity index (χ4n) is 4.54. The van der Waals surface area contributed by atoms with E-state index >= 15 is 0 Å². The van der Waals surface area contributed by atoms with Crippen LogP contribution in [0.15, 0.2) is 24.3 Å². The van der Waals surface area contributed by atoms with Crippen LogP contribution in [0.1, 0.15) is 38.2 Å². The molecule has 286 valence electrons. The molecular formula is C30H50N10O10S. The van der Waals surface area contributed by atoms with Crippen molar-refractivity contribution in [3.8, 4) is 5.75 Å². The Balaban J connectivity index is 3.04. The Morgan fingerprint density at radius 3 is 1.78 bits per heavy atom. The highest BCUT2D eigenvalue weighted by molar-refractivity contribution is 7.80. The van der Waals surface area contributed by atoms with Gasteiger partial charge in [-0.1, -0.05) is 12.1 Å². The Kier molecular flexibility index (Phi) is 19.9. The Morgan fingerprint density at radius 1 is 0.745 bits per heavy atom. The van der Waals surface area contributed by atoms with Crippen LogP contribution >= 0.6 is 12.6 Å². The number of carbonyl (C=O) groups is 7. The summed E-state index contributed by atoms with van der Waals surface area (Å²) in [5.74, 6) is -6.06. The van der Waals surface area contributed by atoms with Crippen LogP contribution in [0, 0.1) is 0 Å². The number of aliphatic hydroxyl groups excluding tert-OH is 1. The number of urea groups is 1. The molecule has 0 bridgehead atoms. The van der Waals surface area contributed by atoms with E-state index in [2.05, 4.69) is 44.5 Å². The first-order valence-electron chi connectivity index (χ1n) is 16.0. The molecule has 7 amide bonds. The molecule has 1 aromatic carbocycles. The minimum atomic E-state index is -1.66. The molecule has 0 radical (unpaired) electrons. The minimum absolute atomic E-state index is 0.00673. The largest absolute Gasteiger partial charge is 0.508 e. The number of aromatic hydroxyl groups is 1. The minimum Gasteiger partial charge on any atom is -0.508 e. The quantitative estimate of drug-likeness (QED) is 0.0370. The number of benzene rings is 1. The molecule has 0 saturated carbocycles. The summed E-state index contributed by atoms with van der Waals surface area (Å²) < 4.78 is 0.